The van der Waals surface area contributed by atoms with Gasteiger partial charge in [-0.1, -0.05) is 18.2 Å². The molecule has 3 heterocycles. The van der Waals surface area contributed by atoms with Crippen LogP contribution in [0.4, 0.5) is 10.1 Å². The van der Waals surface area contributed by atoms with Crippen LogP contribution in [-0.2, 0) is 0 Å². The molecule has 0 saturated carbocycles. The summed E-state index contributed by atoms with van der Waals surface area (Å²) in [7, 11) is 0. The Hall–Kier alpha value is -1.92. The zero-order valence-corrected chi connectivity index (χ0v) is 15.6. The third kappa shape index (κ3) is 3.62. The van der Waals surface area contributed by atoms with Gasteiger partial charge in [-0.2, -0.15) is 0 Å². The molecule has 2 aliphatic heterocycles. The molecule has 0 bridgehead atoms. The van der Waals surface area contributed by atoms with E-state index in [9.17, 15) is 9.18 Å². The van der Waals surface area contributed by atoms with Crippen LogP contribution in [0, 0.1) is 5.82 Å². The number of thiophene rings is 1. The third-order valence-electron chi connectivity index (χ3n) is 5.44. The average Bonchev–Trinajstić information content (AvgIpc) is 3.23. The van der Waals surface area contributed by atoms with Crippen LogP contribution < -0.4 is 4.90 Å². The molecule has 2 saturated heterocycles. The summed E-state index contributed by atoms with van der Waals surface area (Å²) < 4.78 is 14.0. The molecule has 1 unspecified atom stereocenters. The third-order valence-corrected chi connectivity index (χ3v) is 6.30. The number of amides is 1. The molecule has 1 atom stereocenters. The van der Waals surface area contributed by atoms with Gasteiger partial charge in [0.2, 0.25) is 0 Å². The van der Waals surface area contributed by atoms with Crippen LogP contribution in [0.2, 0.25) is 0 Å². The average molecular weight is 373 g/mol. The number of likely N-dealkylation sites (tertiary alicyclic amines) is 1. The molecule has 0 radical (unpaired) electrons. The number of carbonyl (C=O) groups excluding carboxylic acids is 1. The Balaban J connectivity index is 1.35. The number of piperazine rings is 1. The van der Waals surface area contributed by atoms with Crippen molar-refractivity contribution in [3.63, 3.8) is 0 Å². The fourth-order valence-corrected chi connectivity index (χ4v) is 4.72. The number of para-hydroxylation sites is 1. The van der Waals surface area contributed by atoms with E-state index < -0.39 is 0 Å². The predicted molar refractivity (Wildman–Crippen MR) is 103 cm³/mol. The molecule has 138 valence electrons. The highest BCUT2D eigenvalue weighted by Crippen LogP contribution is 2.24. The van der Waals surface area contributed by atoms with Crippen molar-refractivity contribution in [2.24, 2.45) is 0 Å². The van der Waals surface area contributed by atoms with Gasteiger partial charge in [0.25, 0.3) is 5.91 Å². The maximum absolute atomic E-state index is 14.0. The number of nitrogens with zero attached hydrogens (tertiary/aromatic N) is 3. The van der Waals surface area contributed by atoms with Gasteiger partial charge in [0.05, 0.1) is 10.6 Å². The topological polar surface area (TPSA) is 26.8 Å². The molecule has 2 aliphatic rings. The van der Waals surface area contributed by atoms with Gasteiger partial charge in [-0.05, 0) is 36.4 Å². The summed E-state index contributed by atoms with van der Waals surface area (Å²) in [6, 6.07) is 11.3. The standard InChI is InChI=1S/C20H24FN3OS/c21-17-6-1-2-7-18(17)23-12-10-22(11-13-23)16-5-3-9-24(15-16)20(25)19-8-4-14-26-19/h1-2,4,6-8,14,16H,3,5,9-13,15H2. The molecule has 0 spiro atoms. The van der Waals surface area contributed by atoms with Crippen LogP contribution in [0.25, 0.3) is 0 Å². The molecule has 0 aliphatic carbocycles. The van der Waals surface area contributed by atoms with Gasteiger partial charge in [0, 0.05) is 45.3 Å². The molecule has 2 aromatic rings. The molecular weight excluding hydrogens is 349 g/mol. The fraction of sp³-hybridized carbons (Fsp3) is 0.450. The number of rotatable bonds is 3. The molecule has 6 heteroatoms. The predicted octanol–water partition coefficient (Wildman–Crippen LogP) is 3.31. The summed E-state index contributed by atoms with van der Waals surface area (Å²) >= 11 is 1.51. The minimum absolute atomic E-state index is 0.147. The fourth-order valence-electron chi connectivity index (χ4n) is 4.03. The quantitative estimate of drug-likeness (QED) is 0.826. The Morgan fingerprint density at radius 2 is 1.85 bits per heavy atom. The van der Waals surface area contributed by atoms with Gasteiger partial charge < -0.3 is 9.80 Å². The lowest BCUT2D eigenvalue weighted by Crippen LogP contribution is -2.56. The number of anilines is 1. The van der Waals surface area contributed by atoms with E-state index in [1.807, 2.05) is 34.5 Å². The first-order valence-electron chi connectivity index (χ1n) is 9.28. The van der Waals surface area contributed by atoms with Crippen LogP contribution in [-0.4, -0.2) is 61.0 Å². The van der Waals surface area contributed by atoms with Crippen molar-refractivity contribution in [2.45, 2.75) is 18.9 Å². The van der Waals surface area contributed by atoms with Crippen molar-refractivity contribution in [3.8, 4) is 0 Å². The minimum Gasteiger partial charge on any atom is -0.367 e. The van der Waals surface area contributed by atoms with Gasteiger partial charge >= 0.3 is 0 Å². The number of carbonyl (C=O) groups is 1. The highest BCUT2D eigenvalue weighted by atomic mass is 32.1. The summed E-state index contributed by atoms with van der Waals surface area (Å²) in [5.74, 6) is 0.0148. The SMILES string of the molecule is O=C(c1cccs1)N1CCCC(N2CCN(c3ccccc3F)CC2)C1. The zero-order chi connectivity index (χ0) is 17.9. The highest BCUT2D eigenvalue weighted by molar-refractivity contribution is 7.12. The minimum atomic E-state index is -0.147. The number of piperidine rings is 1. The van der Waals surface area contributed by atoms with E-state index in [2.05, 4.69) is 9.80 Å². The second-order valence-electron chi connectivity index (χ2n) is 7.00. The summed E-state index contributed by atoms with van der Waals surface area (Å²) in [5.41, 5.74) is 0.699. The molecule has 1 amide bonds. The van der Waals surface area contributed by atoms with Crippen molar-refractivity contribution < 1.29 is 9.18 Å². The van der Waals surface area contributed by atoms with E-state index in [4.69, 9.17) is 0 Å². The van der Waals surface area contributed by atoms with Gasteiger partial charge in [0.15, 0.2) is 0 Å². The van der Waals surface area contributed by atoms with Crippen LogP contribution in [0.15, 0.2) is 41.8 Å². The molecule has 2 fully saturated rings. The largest absolute Gasteiger partial charge is 0.367 e. The number of hydrogen-bond donors (Lipinski definition) is 0. The Morgan fingerprint density at radius 3 is 2.58 bits per heavy atom. The zero-order valence-electron chi connectivity index (χ0n) is 14.8. The molecule has 1 aromatic heterocycles. The molecule has 1 aromatic carbocycles. The van der Waals surface area contributed by atoms with Gasteiger partial charge in [-0.3, -0.25) is 9.69 Å². The van der Waals surface area contributed by atoms with Crippen LogP contribution in [0.1, 0.15) is 22.5 Å². The summed E-state index contributed by atoms with van der Waals surface area (Å²) in [4.78, 5) is 20.1. The number of benzene rings is 1. The lowest BCUT2D eigenvalue weighted by atomic mass is 10.0. The second kappa shape index (κ2) is 7.76. The Bertz CT molecular complexity index is 743. The van der Waals surface area contributed by atoms with Crippen molar-refractivity contribution in [1.29, 1.82) is 0 Å². The van der Waals surface area contributed by atoms with Gasteiger partial charge in [-0.15, -0.1) is 11.3 Å². The summed E-state index contributed by atoms with van der Waals surface area (Å²) in [6.45, 7) is 5.14. The van der Waals surface area contributed by atoms with Gasteiger partial charge in [0.1, 0.15) is 5.82 Å². The Morgan fingerprint density at radius 1 is 1.04 bits per heavy atom. The smallest absolute Gasteiger partial charge is 0.263 e. The molecular formula is C20H24FN3OS. The Labute approximate surface area is 157 Å². The van der Waals surface area contributed by atoms with E-state index in [-0.39, 0.29) is 11.7 Å². The summed E-state index contributed by atoms with van der Waals surface area (Å²) in [5, 5.41) is 1.95. The first-order valence-corrected chi connectivity index (χ1v) is 10.2. The molecule has 0 N–H and O–H groups in total. The van der Waals surface area contributed by atoms with E-state index in [1.165, 1.54) is 17.4 Å². The normalized spacial score (nSPS) is 21.8. The van der Waals surface area contributed by atoms with E-state index in [0.717, 1.165) is 57.0 Å². The number of hydrogen-bond acceptors (Lipinski definition) is 4. The first kappa shape index (κ1) is 17.5. The maximum atomic E-state index is 14.0. The monoisotopic (exact) mass is 373 g/mol. The molecule has 4 rings (SSSR count). The lowest BCUT2D eigenvalue weighted by molar-refractivity contribution is 0.0567. The van der Waals surface area contributed by atoms with Crippen molar-refractivity contribution in [2.75, 3.05) is 44.2 Å². The van der Waals surface area contributed by atoms with Crippen LogP contribution >= 0.6 is 11.3 Å². The Kier molecular flexibility index (Phi) is 5.22. The first-order chi connectivity index (χ1) is 12.7. The van der Waals surface area contributed by atoms with E-state index in [1.54, 1.807) is 6.07 Å². The van der Waals surface area contributed by atoms with Crippen molar-refractivity contribution >= 4 is 22.9 Å². The maximum Gasteiger partial charge on any atom is 0.263 e. The van der Waals surface area contributed by atoms with E-state index >= 15 is 0 Å². The molecule has 26 heavy (non-hydrogen) atoms. The van der Waals surface area contributed by atoms with Crippen molar-refractivity contribution in [1.82, 2.24) is 9.80 Å². The van der Waals surface area contributed by atoms with Crippen LogP contribution in [0.5, 0.6) is 0 Å². The van der Waals surface area contributed by atoms with Gasteiger partial charge in [-0.25, -0.2) is 4.39 Å². The van der Waals surface area contributed by atoms with Crippen LogP contribution in [0.3, 0.4) is 0 Å². The lowest BCUT2D eigenvalue weighted by Gasteiger charge is -2.43. The van der Waals surface area contributed by atoms with E-state index in [0.29, 0.717) is 11.7 Å². The second-order valence-corrected chi connectivity index (χ2v) is 7.95. The number of halogens is 1. The highest BCUT2D eigenvalue weighted by Gasteiger charge is 2.30. The van der Waals surface area contributed by atoms with Crippen molar-refractivity contribution in [3.05, 3.63) is 52.5 Å². The molecule has 4 nitrogen and oxygen atoms in total. The summed E-state index contributed by atoms with van der Waals surface area (Å²) in [6.07, 6.45) is 2.18.